The predicted molar refractivity (Wildman–Crippen MR) is 97.2 cm³/mol. The Kier molecular flexibility index (Phi) is 4.23. The van der Waals surface area contributed by atoms with Crippen molar-refractivity contribution in [3.63, 3.8) is 0 Å². The molecule has 0 saturated carbocycles. The molecule has 3 rings (SSSR count). The molecular weight excluding hydrogens is 280 g/mol. The summed E-state index contributed by atoms with van der Waals surface area (Å²) in [7, 11) is 0. The zero-order valence-electron chi connectivity index (χ0n) is 15.0. The van der Waals surface area contributed by atoms with Crippen molar-refractivity contribution in [2.45, 2.75) is 59.0 Å². The molecule has 1 unspecified atom stereocenters. The highest BCUT2D eigenvalue weighted by Gasteiger charge is 2.32. The van der Waals surface area contributed by atoms with Crippen molar-refractivity contribution in [2.75, 3.05) is 0 Å². The lowest BCUT2D eigenvalue weighted by molar-refractivity contribution is 0.156. The van der Waals surface area contributed by atoms with Gasteiger partial charge in [0.1, 0.15) is 11.9 Å². The van der Waals surface area contributed by atoms with Crippen LogP contribution in [0.3, 0.4) is 0 Å². The molecule has 0 radical (unpaired) electrons. The van der Waals surface area contributed by atoms with Gasteiger partial charge in [0.25, 0.3) is 0 Å². The summed E-state index contributed by atoms with van der Waals surface area (Å²) in [5.74, 6) is 1.56. The lowest BCUT2D eigenvalue weighted by atomic mass is 9.85. The highest BCUT2D eigenvalue weighted by molar-refractivity contribution is 5.43. The standard InChI is InChI=1S/C22H28O/c1-6-16-11-12-20(19(14-16)22(3,4)5)23-21-15(2)13-17-9-7-8-10-18(17)21/h7-12,14-15,21H,6,13H2,1-5H3/t15-,21?/m1/s1. The van der Waals surface area contributed by atoms with E-state index in [2.05, 4.69) is 77.1 Å². The molecular formula is C22H28O. The minimum absolute atomic E-state index is 0.0852. The molecule has 0 heterocycles. The molecule has 0 N–H and O–H groups in total. The second kappa shape index (κ2) is 6.03. The lowest BCUT2D eigenvalue weighted by Gasteiger charge is -2.27. The van der Waals surface area contributed by atoms with Gasteiger partial charge in [0.2, 0.25) is 0 Å². The Balaban J connectivity index is 1.97. The van der Waals surface area contributed by atoms with Crippen molar-refractivity contribution < 1.29 is 4.74 Å². The van der Waals surface area contributed by atoms with Crippen molar-refractivity contribution in [2.24, 2.45) is 5.92 Å². The van der Waals surface area contributed by atoms with Crippen LogP contribution in [0.5, 0.6) is 5.75 Å². The van der Waals surface area contributed by atoms with Crippen LogP contribution in [-0.4, -0.2) is 0 Å². The first-order chi connectivity index (χ1) is 10.9. The molecule has 1 nitrogen and oxygen atoms in total. The number of aryl methyl sites for hydroxylation is 1. The Morgan fingerprint density at radius 1 is 1.09 bits per heavy atom. The first-order valence-electron chi connectivity index (χ1n) is 8.78. The van der Waals surface area contributed by atoms with E-state index in [1.807, 2.05) is 0 Å². The molecule has 2 aromatic rings. The van der Waals surface area contributed by atoms with Gasteiger partial charge in [0, 0.05) is 5.92 Å². The summed E-state index contributed by atoms with van der Waals surface area (Å²) in [6, 6.07) is 15.4. The quantitative estimate of drug-likeness (QED) is 0.690. The molecule has 23 heavy (non-hydrogen) atoms. The smallest absolute Gasteiger partial charge is 0.127 e. The van der Waals surface area contributed by atoms with Crippen molar-refractivity contribution >= 4 is 0 Å². The van der Waals surface area contributed by atoms with Gasteiger partial charge in [-0.1, -0.05) is 71.0 Å². The molecule has 1 aliphatic carbocycles. The Morgan fingerprint density at radius 3 is 2.52 bits per heavy atom. The third-order valence-electron chi connectivity index (χ3n) is 4.93. The summed E-state index contributed by atoms with van der Waals surface area (Å²) in [4.78, 5) is 0. The summed E-state index contributed by atoms with van der Waals surface area (Å²) in [5, 5.41) is 0. The maximum atomic E-state index is 6.57. The number of fused-ring (bicyclic) bond motifs is 1. The van der Waals surface area contributed by atoms with E-state index < -0.39 is 0 Å². The third-order valence-corrected chi connectivity index (χ3v) is 4.93. The van der Waals surface area contributed by atoms with Gasteiger partial charge in [-0.25, -0.2) is 0 Å². The third kappa shape index (κ3) is 3.15. The van der Waals surface area contributed by atoms with Gasteiger partial charge >= 0.3 is 0 Å². The highest BCUT2D eigenvalue weighted by atomic mass is 16.5. The summed E-state index contributed by atoms with van der Waals surface area (Å²) in [6.45, 7) is 11.3. The highest BCUT2D eigenvalue weighted by Crippen LogP contribution is 2.41. The number of benzene rings is 2. The molecule has 0 bridgehead atoms. The average Bonchev–Trinajstić information content (AvgIpc) is 2.83. The maximum absolute atomic E-state index is 6.57. The molecule has 2 atom stereocenters. The Hall–Kier alpha value is -1.76. The second-order valence-electron chi connectivity index (χ2n) is 7.85. The zero-order chi connectivity index (χ0) is 16.6. The first kappa shape index (κ1) is 16.1. The molecule has 2 aromatic carbocycles. The van der Waals surface area contributed by atoms with Gasteiger partial charge < -0.3 is 4.74 Å². The van der Waals surface area contributed by atoms with E-state index >= 15 is 0 Å². The number of ether oxygens (including phenoxy) is 1. The minimum atomic E-state index is 0.0852. The van der Waals surface area contributed by atoms with Crippen molar-refractivity contribution in [3.8, 4) is 5.75 Å². The minimum Gasteiger partial charge on any atom is -0.485 e. The molecule has 0 aliphatic heterocycles. The topological polar surface area (TPSA) is 9.23 Å². The predicted octanol–water partition coefficient (Wildman–Crippen LogP) is 5.86. The molecule has 0 spiro atoms. The van der Waals surface area contributed by atoms with E-state index in [1.165, 1.54) is 22.3 Å². The van der Waals surface area contributed by atoms with Gasteiger partial charge in [0.05, 0.1) is 0 Å². The Morgan fingerprint density at radius 2 is 1.83 bits per heavy atom. The van der Waals surface area contributed by atoms with E-state index in [0.29, 0.717) is 5.92 Å². The van der Waals surface area contributed by atoms with Gasteiger partial charge in [0.15, 0.2) is 0 Å². The summed E-state index contributed by atoms with van der Waals surface area (Å²) in [6.07, 6.45) is 2.34. The molecule has 0 saturated heterocycles. The van der Waals surface area contributed by atoms with Gasteiger partial charge in [-0.3, -0.25) is 0 Å². The number of hydrogen-bond donors (Lipinski definition) is 0. The second-order valence-corrected chi connectivity index (χ2v) is 7.85. The number of hydrogen-bond acceptors (Lipinski definition) is 1. The summed E-state index contributed by atoms with van der Waals surface area (Å²) >= 11 is 0. The Labute approximate surface area is 140 Å². The van der Waals surface area contributed by atoms with Gasteiger partial charge in [-0.05, 0) is 46.6 Å². The monoisotopic (exact) mass is 308 g/mol. The average molecular weight is 308 g/mol. The molecule has 0 amide bonds. The van der Waals surface area contributed by atoms with E-state index in [-0.39, 0.29) is 11.5 Å². The van der Waals surface area contributed by atoms with Gasteiger partial charge in [-0.15, -0.1) is 0 Å². The van der Waals surface area contributed by atoms with Crippen LogP contribution in [0, 0.1) is 5.92 Å². The van der Waals surface area contributed by atoms with Crippen LogP contribution in [0.4, 0.5) is 0 Å². The normalized spacial score (nSPS) is 20.4. The largest absolute Gasteiger partial charge is 0.485 e. The molecule has 0 aromatic heterocycles. The van der Waals surface area contributed by atoms with Crippen molar-refractivity contribution in [3.05, 3.63) is 64.7 Å². The summed E-state index contributed by atoms with van der Waals surface area (Å²) < 4.78 is 6.57. The van der Waals surface area contributed by atoms with Crippen LogP contribution in [0.2, 0.25) is 0 Å². The summed E-state index contributed by atoms with van der Waals surface area (Å²) in [5.41, 5.74) is 5.57. The SMILES string of the molecule is CCc1ccc(OC2c3ccccc3C[C@H]2C)c(C(C)(C)C)c1. The fourth-order valence-electron chi connectivity index (χ4n) is 3.56. The van der Waals surface area contributed by atoms with Crippen LogP contribution in [0.1, 0.15) is 63.0 Å². The van der Waals surface area contributed by atoms with Crippen LogP contribution in [-0.2, 0) is 18.3 Å². The fourth-order valence-corrected chi connectivity index (χ4v) is 3.56. The van der Waals surface area contributed by atoms with E-state index in [1.54, 1.807) is 0 Å². The Bertz CT molecular complexity index is 693. The molecule has 1 heteroatoms. The van der Waals surface area contributed by atoms with Crippen LogP contribution < -0.4 is 4.74 Å². The van der Waals surface area contributed by atoms with Crippen LogP contribution in [0.15, 0.2) is 42.5 Å². The van der Waals surface area contributed by atoms with Gasteiger partial charge in [-0.2, -0.15) is 0 Å². The zero-order valence-corrected chi connectivity index (χ0v) is 15.0. The maximum Gasteiger partial charge on any atom is 0.127 e. The fraction of sp³-hybridized carbons (Fsp3) is 0.455. The van der Waals surface area contributed by atoms with E-state index in [0.717, 1.165) is 18.6 Å². The van der Waals surface area contributed by atoms with Crippen molar-refractivity contribution in [1.29, 1.82) is 0 Å². The van der Waals surface area contributed by atoms with Crippen LogP contribution in [0.25, 0.3) is 0 Å². The number of rotatable bonds is 3. The van der Waals surface area contributed by atoms with E-state index in [9.17, 15) is 0 Å². The molecule has 0 fully saturated rings. The van der Waals surface area contributed by atoms with E-state index in [4.69, 9.17) is 4.74 Å². The lowest BCUT2D eigenvalue weighted by Crippen LogP contribution is -2.17. The molecule has 1 aliphatic rings. The molecule has 122 valence electrons. The van der Waals surface area contributed by atoms with Crippen LogP contribution >= 0.6 is 0 Å². The van der Waals surface area contributed by atoms with Crippen molar-refractivity contribution in [1.82, 2.24) is 0 Å². The first-order valence-corrected chi connectivity index (χ1v) is 8.78.